The average molecular weight is 483 g/mol. The minimum absolute atomic E-state index is 0.0363. The van der Waals surface area contributed by atoms with Crippen molar-refractivity contribution in [3.05, 3.63) is 46.2 Å². The Morgan fingerprint density at radius 3 is 2.62 bits per heavy atom. The van der Waals surface area contributed by atoms with Gasteiger partial charge in [-0.3, -0.25) is 9.59 Å². The van der Waals surface area contributed by atoms with Crippen molar-refractivity contribution in [3.63, 3.8) is 0 Å². The Kier molecular flexibility index (Phi) is 6.82. The zero-order valence-corrected chi connectivity index (χ0v) is 20.9. The molecule has 34 heavy (non-hydrogen) atoms. The highest BCUT2D eigenvalue weighted by Crippen LogP contribution is 2.37. The van der Waals surface area contributed by atoms with Gasteiger partial charge in [0.05, 0.1) is 4.88 Å². The summed E-state index contributed by atoms with van der Waals surface area (Å²) in [6, 6.07) is 10.0. The Balaban J connectivity index is 1.31. The van der Waals surface area contributed by atoms with E-state index in [0.717, 1.165) is 47.6 Å². The largest absolute Gasteiger partial charge is 0.454 e. The van der Waals surface area contributed by atoms with E-state index in [2.05, 4.69) is 18.7 Å². The van der Waals surface area contributed by atoms with E-state index >= 15 is 0 Å². The Morgan fingerprint density at radius 2 is 1.85 bits per heavy atom. The van der Waals surface area contributed by atoms with E-state index in [9.17, 15) is 9.59 Å². The second-order valence-corrected chi connectivity index (χ2v) is 11.0. The molecular weight excluding hydrogens is 448 g/mol. The first-order valence-electron chi connectivity index (χ1n) is 12.5. The number of likely N-dealkylation sites (tertiary alicyclic amines) is 1. The predicted molar refractivity (Wildman–Crippen MR) is 132 cm³/mol. The number of nitrogens with zero attached hydrogens (tertiary/aromatic N) is 2. The van der Waals surface area contributed by atoms with E-state index in [1.165, 1.54) is 17.8 Å². The van der Waals surface area contributed by atoms with Gasteiger partial charge in [0.15, 0.2) is 11.5 Å². The fourth-order valence-corrected chi connectivity index (χ4v) is 6.40. The molecule has 0 bridgehead atoms. The molecule has 1 aliphatic carbocycles. The Bertz CT molecular complexity index is 1020. The first-order valence-corrected chi connectivity index (χ1v) is 13.4. The fraction of sp³-hybridized carbons (Fsp3) is 0.556. The average Bonchev–Trinajstić information content (AvgIpc) is 3.56. The molecule has 1 saturated carbocycles. The summed E-state index contributed by atoms with van der Waals surface area (Å²) >= 11 is 1.48. The molecule has 3 aliphatic rings. The van der Waals surface area contributed by atoms with E-state index in [1.807, 2.05) is 40.6 Å². The van der Waals surface area contributed by atoms with Crippen molar-refractivity contribution in [1.82, 2.24) is 9.80 Å². The number of hydrogen-bond acceptors (Lipinski definition) is 5. The van der Waals surface area contributed by atoms with Gasteiger partial charge in [-0.25, -0.2) is 0 Å². The summed E-state index contributed by atoms with van der Waals surface area (Å²) in [6.07, 6.45) is 4.90. The molecule has 2 aromatic rings. The number of piperidine rings is 1. The van der Waals surface area contributed by atoms with Gasteiger partial charge in [-0.1, -0.05) is 38.8 Å². The second kappa shape index (κ2) is 9.98. The maximum atomic E-state index is 14.0. The quantitative estimate of drug-likeness (QED) is 0.589. The minimum atomic E-state index is -0.0363. The first-order chi connectivity index (χ1) is 16.5. The lowest BCUT2D eigenvalue weighted by atomic mass is 9.76. The van der Waals surface area contributed by atoms with Crippen LogP contribution in [0.25, 0.3) is 0 Å². The molecule has 1 aromatic carbocycles. The van der Waals surface area contributed by atoms with E-state index in [0.29, 0.717) is 31.5 Å². The van der Waals surface area contributed by atoms with Crippen LogP contribution in [0.2, 0.25) is 0 Å². The third kappa shape index (κ3) is 4.67. The number of rotatable bonds is 5. The highest BCUT2D eigenvalue weighted by atomic mass is 32.1. The molecule has 5 rings (SSSR count). The van der Waals surface area contributed by atoms with Crippen LogP contribution in [0.1, 0.15) is 61.2 Å². The molecule has 0 spiro atoms. The summed E-state index contributed by atoms with van der Waals surface area (Å²) in [7, 11) is 0. The molecule has 6 nitrogen and oxygen atoms in total. The van der Waals surface area contributed by atoms with E-state index in [-0.39, 0.29) is 30.6 Å². The number of carbonyl (C=O) groups is 2. The Labute approximate surface area is 205 Å². The van der Waals surface area contributed by atoms with E-state index < -0.39 is 0 Å². The molecule has 182 valence electrons. The van der Waals surface area contributed by atoms with Crippen LogP contribution >= 0.6 is 11.3 Å². The normalized spacial score (nSPS) is 24.8. The summed E-state index contributed by atoms with van der Waals surface area (Å²) in [5.74, 6) is 2.90. The summed E-state index contributed by atoms with van der Waals surface area (Å²) in [5, 5.41) is 1.93. The van der Waals surface area contributed by atoms with Crippen LogP contribution in [0, 0.1) is 17.8 Å². The van der Waals surface area contributed by atoms with Gasteiger partial charge in [-0.15, -0.1) is 11.3 Å². The van der Waals surface area contributed by atoms with Gasteiger partial charge in [0.25, 0.3) is 5.91 Å². The maximum Gasteiger partial charge on any atom is 0.263 e. The molecule has 2 aliphatic heterocycles. The molecule has 0 radical (unpaired) electrons. The Hall–Kier alpha value is -2.54. The second-order valence-electron chi connectivity index (χ2n) is 10.0. The highest BCUT2D eigenvalue weighted by Gasteiger charge is 2.38. The van der Waals surface area contributed by atoms with Gasteiger partial charge in [-0.2, -0.15) is 0 Å². The fourth-order valence-electron chi connectivity index (χ4n) is 5.71. The van der Waals surface area contributed by atoms with Gasteiger partial charge in [-0.05, 0) is 60.2 Å². The lowest BCUT2D eigenvalue weighted by Gasteiger charge is -2.44. The van der Waals surface area contributed by atoms with Crippen molar-refractivity contribution in [1.29, 1.82) is 0 Å². The van der Waals surface area contributed by atoms with Crippen molar-refractivity contribution in [2.45, 2.75) is 58.5 Å². The molecule has 1 saturated heterocycles. The highest BCUT2D eigenvalue weighted by molar-refractivity contribution is 7.12. The molecule has 2 amide bonds. The number of hydrogen-bond donors (Lipinski definition) is 0. The molecular formula is C27H34N2O4S. The van der Waals surface area contributed by atoms with E-state index in [1.54, 1.807) is 0 Å². The molecule has 0 N–H and O–H groups in total. The molecule has 3 atom stereocenters. The van der Waals surface area contributed by atoms with Crippen LogP contribution in [0.3, 0.4) is 0 Å². The predicted octanol–water partition coefficient (Wildman–Crippen LogP) is 5.18. The lowest BCUT2D eigenvalue weighted by molar-refractivity contribution is -0.142. The summed E-state index contributed by atoms with van der Waals surface area (Å²) < 4.78 is 11.1. The van der Waals surface area contributed by atoms with E-state index in [4.69, 9.17) is 9.47 Å². The van der Waals surface area contributed by atoms with Crippen LogP contribution in [0.15, 0.2) is 35.7 Å². The minimum Gasteiger partial charge on any atom is -0.454 e. The molecule has 7 heteroatoms. The third-order valence-electron chi connectivity index (χ3n) is 8.00. The summed E-state index contributed by atoms with van der Waals surface area (Å²) in [5.41, 5.74) is 1.08. The zero-order valence-electron chi connectivity index (χ0n) is 20.1. The third-order valence-corrected chi connectivity index (χ3v) is 8.86. The number of benzene rings is 1. The molecule has 3 unspecified atom stereocenters. The number of thiophene rings is 1. The van der Waals surface area contributed by atoms with Gasteiger partial charge >= 0.3 is 0 Å². The molecule has 1 aromatic heterocycles. The monoisotopic (exact) mass is 482 g/mol. The first kappa shape index (κ1) is 23.2. The lowest BCUT2D eigenvalue weighted by Crippen LogP contribution is -2.51. The summed E-state index contributed by atoms with van der Waals surface area (Å²) in [6.45, 7) is 6.74. The van der Waals surface area contributed by atoms with Crippen molar-refractivity contribution in [2.75, 3.05) is 19.9 Å². The molecule has 2 fully saturated rings. The van der Waals surface area contributed by atoms with Crippen molar-refractivity contribution in [2.24, 2.45) is 17.8 Å². The number of ether oxygens (including phenoxy) is 2. The molecule has 3 heterocycles. The van der Waals surface area contributed by atoms with Crippen LogP contribution in [0.4, 0.5) is 0 Å². The number of fused-ring (bicyclic) bond motifs is 1. The van der Waals surface area contributed by atoms with Gasteiger partial charge in [0.2, 0.25) is 12.7 Å². The maximum absolute atomic E-state index is 14.0. The van der Waals surface area contributed by atoms with Crippen LogP contribution < -0.4 is 9.47 Å². The van der Waals surface area contributed by atoms with Crippen LogP contribution in [-0.2, 0) is 11.3 Å². The van der Waals surface area contributed by atoms with Crippen molar-refractivity contribution in [3.8, 4) is 11.5 Å². The zero-order chi connectivity index (χ0) is 23.7. The van der Waals surface area contributed by atoms with Crippen molar-refractivity contribution >= 4 is 23.2 Å². The summed E-state index contributed by atoms with van der Waals surface area (Å²) in [4.78, 5) is 31.5. The van der Waals surface area contributed by atoms with Crippen molar-refractivity contribution < 1.29 is 19.1 Å². The van der Waals surface area contributed by atoms with Crippen LogP contribution in [-0.4, -0.2) is 47.5 Å². The van der Waals surface area contributed by atoms with Gasteiger partial charge < -0.3 is 19.3 Å². The smallest absolute Gasteiger partial charge is 0.263 e. The Morgan fingerprint density at radius 1 is 1.06 bits per heavy atom. The number of carbonyl (C=O) groups excluding carboxylic acids is 2. The van der Waals surface area contributed by atoms with Gasteiger partial charge in [0.1, 0.15) is 0 Å². The topological polar surface area (TPSA) is 59.1 Å². The van der Waals surface area contributed by atoms with Gasteiger partial charge in [0, 0.05) is 31.6 Å². The SMILES string of the molecule is CC1CCCC(N(Cc2ccc3c(c2)OCO3)C(=O)C2CCN(C(=O)c3cccs3)CC2)C1C. The van der Waals surface area contributed by atoms with Crippen LogP contribution in [0.5, 0.6) is 11.5 Å². The number of amides is 2. The standard InChI is InChI=1S/C27H34N2O4S/c1-18-5-3-6-22(19(18)2)29(16-20-8-9-23-24(15-20)33-17-32-23)26(30)21-10-12-28(13-11-21)27(31)25-7-4-14-34-25/h4,7-9,14-15,18-19,21-22H,3,5-6,10-13,16-17H2,1-2H3.